The standard InChI is InChI=1S/C8H8ClN3O2S/c9-8-11-10-6(15-8)7(13)12-2-5-1-4(12)3-14-5/h4-5H,1-3H2. The number of carbonyl (C=O) groups excluding carboxylic acids is 1. The molecule has 0 spiro atoms. The fourth-order valence-electron chi connectivity index (χ4n) is 2.06. The highest BCUT2D eigenvalue weighted by Crippen LogP contribution is 2.29. The van der Waals surface area contributed by atoms with Crippen molar-refractivity contribution < 1.29 is 9.53 Å². The largest absolute Gasteiger partial charge is 0.374 e. The number of fused-ring (bicyclic) bond motifs is 2. The van der Waals surface area contributed by atoms with Crippen LogP contribution in [0.2, 0.25) is 4.47 Å². The molecule has 2 aliphatic rings. The lowest BCUT2D eigenvalue weighted by molar-refractivity contribution is 0.0258. The maximum atomic E-state index is 12.0. The molecule has 1 aromatic heterocycles. The highest BCUT2D eigenvalue weighted by molar-refractivity contribution is 7.17. The van der Waals surface area contributed by atoms with Gasteiger partial charge in [0.1, 0.15) is 0 Å². The Morgan fingerprint density at radius 1 is 1.60 bits per heavy atom. The summed E-state index contributed by atoms with van der Waals surface area (Å²) in [5.41, 5.74) is 0. The molecule has 2 aliphatic heterocycles. The predicted octanol–water partition coefficient (Wildman–Crippen LogP) is 0.805. The zero-order valence-corrected chi connectivity index (χ0v) is 9.29. The minimum atomic E-state index is -0.0739. The number of rotatable bonds is 1. The van der Waals surface area contributed by atoms with Gasteiger partial charge in [-0.3, -0.25) is 4.79 Å². The molecule has 2 unspecified atom stereocenters. The van der Waals surface area contributed by atoms with Crippen LogP contribution >= 0.6 is 22.9 Å². The van der Waals surface area contributed by atoms with Crippen LogP contribution in [0, 0.1) is 0 Å². The van der Waals surface area contributed by atoms with Crippen LogP contribution in [0.5, 0.6) is 0 Å². The molecule has 5 nitrogen and oxygen atoms in total. The lowest BCUT2D eigenvalue weighted by Gasteiger charge is -2.25. The number of likely N-dealkylation sites (tertiary alicyclic amines) is 1. The lowest BCUT2D eigenvalue weighted by atomic mass is 10.2. The molecule has 1 amide bonds. The fourth-order valence-corrected chi connectivity index (χ4v) is 2.85. The Labute approximate surface area is 95.0 Å². The number of carbonyl (C=O) groups is 1. The minimum Gasteiger partial charge on any atom is -0.374 e. The Morgan fingerprint density at radius 3 is 3.00 bits per heavy atom. The molecule has 2 fully saturated rings. The Hall–Kier alpha value is -0.720. The number of nitrogens with zero attached hydrogens (tertiary/aromatic N) is 3. The number of hydrogen-bond acceptors (Lipinski definition) is 5. The third-order valence-corrected chi connectivity index (χ3v) is 3.75. The van der Waals surface area contributed by atoms with Crippen LogP contribution in [0.3, 0.4) is 0 Å². The number of ether oxygens (including phenoxy) is 1. The smallest absolute Gasteiger partial charge is 0.285 e. The molecular weight excluding hydrogens is 238 g/mol. The summed E-state index contributed by atoms with van der Waals surface area (Å²) in [6.45, 7) is 1.31. The molecule has 3 rings (SSSR count). The SMILES string of the molecule is O=C(c1nnc(Cl)s1)N1CC2CC1CO2. The van der Waals surface area contributed by atoms with E-state index in [0.29, 0.717) is 22.6 Å². The number of aromatic nitrogens is 2. The van der Waals surface area contributed by atoms with Gasteiger partial charge in [-0.15, -0.1) is 10.2 Å². The topological polar surface area (TPSA) is 55.3 Å². The van der Waals surface area contributed by atoms with E-state index in [0.717, 1.165) is 17.8 Å². The van der Waals surface area contributed by atoms with Crippen molar-refractivity contribution in [3.05, 3.63) is 9.47 Å². The summed E-state index contributed by atoms with van der Waals surface area (Å²) < 4.78 is 5.73. The third kappa shape index (κ3) is 1.53. The van der Waals surface area contributed by atoms with E-state index in [4.69, 9.17) is 16.3 Å². The van der Waals surface area contributed by atoms with Crippen LogP contribution in [0.4, 0.5) is 0 Å². The van der Waals surface area contributed by atoms with Crippen molar-refractivity contribution in [2.45, 2.75) is 18.6 Å². The summed E-state index contributed by atoms with van der Waals surface area (Å²) in [4.78, 5) is 13.8. The van der Waals surface area contributed by atoms with Crippen molar-refractivity contribution in [2.24, 2.45) is 0 Å². The Balaban J connectivity index is 1.81. The van der Waals surface area contributed by atoms with Gasteiger partial charge in [0, 0.05) is 6.54 Å². The fraction of sp³-hybridized carbons (Fsp3) is 0.625. The highest BCUT2D eigenvalue weighted by Gasteiger charge is 2.42. The first-order valence-corrected chi connectivity index (χ1v) is 5.85. The van der Waals surface area contributed by atoms with Gasteiger partial charge in [0.25, 0.3) is 5.91 Å². The maximum absolute atomic E-state index is 12.0. The van der Waals surface area contributed by atoms with Gasteiger partial charge >= 0.3 is 0 Å². The van der Waals surface area contributed by atoms with E-state index in [2.05, 4.69) is 10.2 Å². The van der Waals surface area contributed by atoms with Gasteiger partial charge in [-0.2, -0.15) is 0 Å². The second kappa shape index (κ2) is 3.40. The molecular formula is C8H8ClN3O2S. The summed E-state index contributed by atoms with van der Waals surface area (Å²) in [6, 6.07) is 0.213. The number of hydrogen-bond donors (Lipinski definition) is 0. The van der Waals surface area contributed by atoms with Crippen LogP contribution < -0.4 is 0 Å². The normalized spacial score (nSPS) is 28.7. The Bertz CT molecular complexity index is 410. The van der Waals surface area contributed by atoms with Gasteiger partial charge in [-0.1, -0.05) is 11.3 Å². The monoisotopic (exact) mass is 245 g/mol. The molecule has 0 radical (unpaired) electrons. The lowest BCUT2D eigenvalue weighted by Crippen LogP contribution is -2.41. The molecule has 7 heteroatoms. The summed E-state index contributed by atoms with van der Waals surface area (Å²) >= 11 is 6.76. The molecule has 0 saturated carbocycles. The third-order valence-electron chi connectivity index (χ3n) is 2.74. The highest BCUT2D eigenvalue weighted by atomic mass is 35.5. The van der Waals surface area contributed by atoms with E-state index in [1.165, 1.54) is 0 Å². The maximum Gasteiger partial charge on any atom is 0.285 e. The van der Waals surface area contributed by atoms with E-state index in [-0.39, 0.29) is 18.1 Å². The van der Waals surface area contributed by atoms with Crippen molar-refractivity contribution in [1.29, 1.82) is 0 Å². The van der Waals surface area contributed by atoms with Crippen molar-refractivity contribution in [1.82, 2.24) is 15.1 Å². The average molecular weight is 246 g/mol. The molecule has 2 atom stereocenters. The van der Waals surface area contributed by atoms with Crippen molar-refractivity contribution in [3.8, 4) is 0 Å². The second-order valence-corrected chi connectivity index (χ2v) is 5.22. The Morgan fingerprint density at radius 2 is 2.47 bits per heavy atom. The molecule has 1 aromatic rings. The minimum absolute atomic E-state index is 0.0739. The van der Waals surface area contributed by atoms with Crippen LogP contribution in [0.1, 0.15) is 16.2 Å². The van der Waals surface area contributed by atoms with Gasteiger partial charge < -0.3 is 9.64 Å². The first kappa shape index (κ1) is 9.50. The summed E-state index contributed by atoms with van der Waals surface area (Å²) in [5.74, 6) is -0.0739. The molecule has 2 bridgehead atoms. The van der Waals surface area contributed by atoms with Gasteiger partial charge in [-0.05, 0) is 18.0 Å². The van der Waals surface area contributed by atoms with Crippen molar-refractivity contribution >= 4 is 28.8 Å². The zero-order chi connectivity index (χ0) is 10.4. The van der Waals surface area contributed by atoms with Crippen molar-refractivity contribution in [3.63, 3.8) is 0 Å². The van der Waals surface area contributed by atoms with Crippen LogP contribution in [0.15, 0.2) is 0 Å². The molecule has 0 aromatic carbocycles. The molecule has 3 heterocycles. The van der Waals surface area contributed by atoms with Gasteiger partial charge in [0.2, 0.25) is 9.47 Å². The molecule has 0 aliphatic carbocycles. The quantitative estimate of drug-likeness (QED) is 0.735. The molecule has 15 heavy (non-hydrogen) atoms. The second-order valence-electron chi connectivity index (χ2n) is 3.66. The first-order valence-electron chi connectivity index (χ1n) is 4.65. The summed E-state index contributed by atoms with van der Waals surface area (Å²) in [6.07, 6.45) is 1.15. The van der Waals surface area contributed by atoms with E-state index in [9.17, 15) is 4.79 Å². The van der Waals surface area contributed by atoms with Crippen molar-refractivity contribution in [2.75, 3.05) is 13.2 Å². The van der Waals surface area contributed by atoms with E-state index >= 15 is 0 Å². The number of morpholine rings is 1. The molecule has 80 valence electrons. The predicted molar refractivity (Wildman–Crippen MR) is 54.1 cm³/mol. The van der Waals surface area contributed by atoms with E-state index < -0.39 is 0 Å². The number of halogens is 1. The molecule has 2 saturated heterocycles. The summed E-state index contributed by atoms with van der Waals surface area (Å²) in [7, 11) is 0. The van der Waals surface area contributed by atoms with E-state index in [1.807, 2.05) is 4.90 Å². The van der Waals surface area contributed by atoms with Crippen LogP contribution in [-0.4, -0.2) is 46.3 Å². The van der Waals surface area contributed by atoms with Gasteiger partial charge in [0.05, 0.1) is 18.8 Å². The summed E-state index contributed by atoms with van der Waals surface area (Å²) in [5, 5.41) is 7.74. The van der Waals surface area contributed by atoms with Crippen LogP contribution in [0.25, 0.3) is 0 Å². The molecule has 0 N–H and O–H groups in total. The van der Waals surface area contributed by atoms with E-state index in [1.54, 1.807) is 0 Å². The number of amides is 1. The Kier molecular flexibility index (Phi) is 2.15. The zero-order valence-electron chi connectivity index (χ0n) is 7.72. The van der Waals surface area contributed by atoms with Crippen LogP contribution in [-0.2, 0) is 4.74 Å². The van der Waals surface area contributed by atoms with Gasteiger partial charge in [-0.25, -0.2) is 0 Å². The first-order chi connectivity index (χ1) is 7.24. The van der Waals surface area contributed by atoms with Gasteiger partial charge in [0.15, 0.2) is 0 Å². The average Bonchev–Trinajstić information content (AvgIpc) is 2.90.